The van der Waals surface area contributed by atoms with E-state index in [9.17, 15) is 19.2 Å². The number of benzene rings is 2. The van der Waals surface area contributed by atoms with Gasteiger partial charge >= 0.3 is 11.9 Å². The molecular weight excluding hydrogens is 456 g/mol. The van der Waals surface area contributed by atoms with Crippen LogP contribution in [0.5, 0.6) is 0 Å². The minimum absolute atomic E-state index is 0.0293. The summed E-state index contributed by atoms with van der Waals surface area (Å²) < 4.78 is 10.8. The Morgan fingerprint density at radius 1 is 1.00 bits per heavy atom. The summed E-state index contributed by atoms with van der Waals surface area (Å²) in [6.45, 7) is 5.81. The Kier molecular flexibility index (Phi) is 6.89. The quantitative estimate of drug-likeness (QED) is 0.460. The normalized spacial score (nSPS) is 21.6. The first kappa shape index (κ1) is 24.1. The number of ketones is 2. The summed E-state index contributed by atoms with van der Waals surface area (Å²) in [5.41, 5.74) is 0.553. The van der Waals surface area contributed by atoms with Crippen molar-refractivity contribution in [2.24, 2.45) is 17.8 Å². The van der Waals surface area contributed by atoms with E-state index in [1.165, 1.54) is 12.1 Å². The average Bonchev–Trinajstić information content (AvgIpc) is 2.80. The van der Waals surface area contributed by atoms with E-state index in [0.717, 1.165) is 19.3 Å². The Morgan fingerprint density at radius 3 is 2.35 bits per heavy atom. The third kappa shape index (κ3) is 4.51. The molecule has 2 aromatic carbocycles. The number of halogens is 1. The van der Waals surface area contributed by atoms with Gasteiger partial charge in [0.1, 0.15) is 6.10 Å². The number of carbonyl (C=O) groups excluding carboxylic acids is 4. The number of carbonyl (C=O) groups is 4. The van der Waals surface area contributed by atoms with Crippen LogP contribution in [0.1, 0.15) is 82.2 Å². The fourth-order valence-electron chi connectivity index (χ4n) is 4.96. The fourth-order valence-corrected chi connectivity index (χ4v) is 5.29. The van der Waals surface area contributed by atoms with Crippen molar-refractivity contribution in [1.29, 1.82) is 0 Å². The second kappa shape index (κ2) is 9.71. The molecule has 2 aliphatic carbocycles. The van der Waals surface area contributed by atoms with Gasteiger partial charge in [-0.3, -0.25) is 9.59 Å². The molecule has 1 fully saturated rings. The molecule has 1 saturated carbocycles. The van der Waals surface area contributed by atoms with E-state index >= 15 is 0 Å². The Hall–Kier alpha value is -2.99. The predicted octanol–water partition coefficient (Wildman–Crippen LogP) is 5.28. The lowest BCUT2D eigenvalue weighted by Gasteiger charge is -2.36. The van der Waals surface area contributed by atoms with Gasteiger partial charge in [0, 0.05) is 16.7 Å². The summed E-state index contributed by atoms with van der Waals surface area (Å²) in [6.07, 6.45) is 2.69. The molecule has 0 aromatic heterocycles. The lowest BCUT2D eigenvalue weighted by atomic mass is 9.75. The average molecular weight is 483 g/mol. The highest BCUT2D eigenvalue weighted by atomic mass is 35.5. The molecule has 0 unspecified atom stereocenters. The minimum atomic E-state index is -0.860. The molecule has 0 heterocycles. The van der Waals surface area contributed by atoms with E-state index in [4.69, 9.17) is 21.1 Å². The second-order valence-electron chi connectivity index (χ2n) is 9.48. The third-order valence-electron chi connectivity index (χ3n) is 6.82. The Labute approximate surface area is 203 Å². The number of fused-ring (bicyclic) bond motifs is 2. The van der Waals surface area contributed by atoms with Crippen LogP contribution in [0, 0.1) is 17.8 Å². The number of hydrogen-bond acceptors (Lipinski definition) is 6. The molecule has 2 aromatic rings. The maximum absolute atomic E-state index is 13.0. The molecule has 0 amide bonds. The SMILES string of the molecule is CC(C)[C@H]1CC[C@H](C)C[C@@H]1OC(=O)COC(=O)c1ccc2c(c1Cl)C(=O)c1ccccc1C2=O. The minimum Gasteiger partial charge on any atom is -0.460 e. The number of hydrogen-bond donors (Lipinski definition) is 0. The van der Waals surface area contributed by atoms with Crippen molar-refractivity contribution in [2.75, 3.05) is 6.61 Å². The lowest BCUT2D eigenvalue weighted by molar-refractivity contribution is -0.159. The highest BCUT2D eigenvalue weighted by Crippen LogP contribution is 2.36. The van der Waals surface area contributed by atoms with Crippen molar-refractivity contribution in [1.82, 2.24) is 0 Å². The molecule has 34 heavy (non-hydrogen) atoms. The van der Waals surface area contributed by atoms with Gasteiger partial charge in [-0.1, -0.05) is 63.1 Å². The largest absolute Gasteiger partial charge is 0.460 e. The van der Waals surface area contributed by atoms with E-state index in [0.29, 0.717) is 17.4 Å². The zero-order valence-electron chi connectivity index (χ0n) is 19.4. The van der Waals surface area contributed by atoms with Crippen molar-refractivity contribution >= 4 is 35.1 Å². The van der Waals surface area contributed by atoms with Crippen LogP contribution in [-0.2, 0) is 14.3 Å². The van der Waals surface area contributed by atoms with Crippen LogP contribution in [0.4, 0.5) is 0 Å². The van der Waals surface area contributed by atoms with E-state index in [1.54, 1.807) is 24.3 Å². The first-order chi connectivity index (χ1) is 16.2. The summed E-state index contributed by atoms with van der Waals surface area (Å²) in [5, 5.41) is -0.162. The Bertz CT molecular complexity index is 1170. The summed E-state index contributed by atoms with van der Waals surface area (Å²) >= 11 is 6.40. The van der Waals surface area contributed by atoms with Gasteiger partial charge in [-0.05, 0) is 42.7 Å². The number of ether oxygens (including phenoxy) is 2. The van der Waals surface area contributed by atoms with Gasteiger partial charge in [0.15, 0.2) is 18.2 Å². The van der Waals surface area contributed by atoms with Crippen LogP contribution in [-0.4, -0.2) is 36.2 Å². The lowest BCUT2D eigenvalue weighted by Crippen LogP contribution is -2.36. The van der Waals surface area contributed by atoms with Crippen molar-refractivity contribution in [3.63, 3.8) is 0 Å². The summed E-state index contributed by atoms with van der Waals surface area (Å²) in [7, 11) is 0. The van der Waals surface area contributed by atoms with Crippen molar-refractivity contribution in [2.45, 2.75) is 46.1 Å². The highest BCUT2D eigenvalue weighted by molar-refractivity contribution is 6.41. The zero-order chi connectivity index (χ0) is 24.6. The first-order valence-electron chi connectivity index (χ1n) is 11.6. The van der Waals surface area contributed by atoms with E-state index in [-0.39, 0.29) is 45.1 Å². The maximum atomic E-state index is 13.0. The molecule has 0 spiro atoms. The molecule has 2 aliphatic rings. The van der Waals surface area contributed by atoms with Crippen LogP contribution >= 0.6 is 11.6 Å². The first-order valence-corrected chi connectivity index (χ1v) is 11.9. The molecule has 4 rings (SSSR count). The molecule has 3 atom stereocenters. The molecule has 178 valence electrons. The van der Waals surface area contributed by atoms with Gasteiger partial charge in [0.05, 0.1) is 16.1 Å². The molecule has 0 N–H and O–H groups in total. The van der Waals surface area contributed by atoms with E-state index in [1.807, 2.05) is 0 Å². The maximum Gasteiger partial charge on any atom is 0.344 e. The topological polar surface area (TPSA) is 86.7 Å². The summed E-state index contributed by atoms with van der Waals surface area (Å²) in [4.78, 5) is 50.9. The van der Waals surface area contributed by atoms with Gasteiger partial charge in [0.2, 0.25) is 0 Å². The Balaban J connectivity index is 1.47. The molecule has 0 radical (unpaired) electrons. The van der Waals surface area contributed by atoms with Crippen molar-refractivity contribution in [3.8, 4) is 0 Å². The van der Waals surface area contributed by atoms with Gasteiger partial charge in [-0.25, -0.2) is 9.59 Å². The van der Waals surface area contributed by atoms with Crippen LogP contribution in [0.3, 0.4) is 0 Å². The van der Waals surface area contributed by atoms with E-state index < -0.39 is 24.3 Å². The van der Waals surface area contributed by atoms with Gasteiger partial charge in [-0.2, -0.15) is 0 Å². The fraction of sp³-hybridized carbons (Fsp3) is 0.407. The van der Waals surface area contributed by atoms with Crippen molar-refractivity contribution < 1.29 is 28.7 Å². The summed E-state index contributed by atoms with van der Waals surface area (Å²) in [5.74, 6) is -1.12. The third-order valence-corrected chi connectivity index (χ3v) is 7.21. The zero-order valence-corrected chi connectivity index (χ0v) is 20.2. The monoisotopic (exact) mass is 482 g/mol. The van der Waals surface area contributed by atoms with Gasteiger partial charge in [0.25, 0.3) is 0 Å². The molecule has 0 bridgehead atoms. The summed E-state index contributed by atoms with van der Waals surface area (Å²) in [6, 6.07) is 9.19. The van der Waals surface area contributed by atoms with Crippen LogP contribution in [0.25, 0.3) is 0 Å². The van der Waals surface area contributed by atoms with Crippen LogP contribution in [0.15, 0.2) is 36.4 Å². The second-order valence-corrected chi connectivity index (χ2v) is 9.86. The molecule has 0 aliphatic heterocycles. The van der Waals surface area contributed by atoms with Crippen molar-refractivity contribution in [3.05, 3.63) is 69.2 Å². The Morgan fingerprint density at radius 2 is 1.68 bits per heavy atom. The smallest absolute Gasteiger partial charge is 0.344 e. The van der Waals surface area contributed by atoms with E-state index in [2.05, 4.69) is 20.8 Å². The van der Waals surface area contributed by atoms with Gasteiger partial charge in [-0.15, -0.1) is 0 Å². The van der Waals surface area contributed by atoms with Gasteiger partial charge < -0.3 is 9.47 Å². The number of esters is 2. The number of rotatable bonds is 5. The molecular formula is C27H27ClO6. The molecule has 0 saturated heterocycles. The molecule has 6 nitrogen and oxygen atoms in total. The molecule has 7 heteroatoms. The highest BCUT2D eigenvalue weighted by Gasteiger charge is 2.35. The van der Waals surface area contributed by atoms with Crippen LogP contribution < -0.4 is 0 Å². The predicted molar refractivity (Wildman–Crippen MR) is 126 cm³/mol. The standard InChI is InChI=1S/C27H27ClO6/c1-14(2)16-9-8-15(3)12-21(16)34-22(29)13-33-27(32)20-11-10-19-23(24(20)28)26(31)18-7-5-4-6-17(18)25(19)30/h4-7,10-11,14-16,21H,8-9,12-13H2,1-3H3/t15-,16+,21-/m0/s1. The van der Waals surface area contributed by atoms with Crippen LogP contribution in [0.2, 0.25) is 5.02 Å².